The number of benzene rings is 1. The number of aliphatic hydroxyl groups excluding tert-OH is 1. The van der Waals surface area contributed by atoms with Crippen molar-refractivity contribution in [3.63, 3.8) is 0 Å². The van der Waals surface area contributed by atoms with Gasteiger partial charge in [0.25, 0.3) is 0 Å². The van der Waals surface area contributed by atoms with Crippen molar-refractivity contribution >= 4 is 22.0 Å². The van der Waals surface area contributed by atoms with Gasteiger partial charge in [-0.25, -0.2) is 0 Å². The van der Waals surface area contributed by atoms with Crippen LogP contribution in [-0.4, -0.2) is 70.0 Å². The Labute approximate surface area is 296 Å². The number of rotatable bonds is 10. The first-order valence-corrected chi connectivity index (χ1v) is 27.8. The van der Waals surface area contributed by atoms with Crippen molar-refractivity contribution in [2.24, 2.45) is 28.1 Å². The van der Waals surface area contributed by atoms with Crippen molar-refractivity contribution in [3.8, 4) is 0 Å². The summed E-state index contributed by atoms with van der Waals surface area (Å²) >= 11 is -2.73. The van der Waals surface area contributed by atoms with E-state index < -0.39 is 40.8 Å². The zero-order valence-corrected chi connectivity index (χ0v) is 34.2. The summed E-state index contributed by atoms with van der Waals surface area (Å²) in [5.74, 6) is -0.468. The van der Waals surface area contributed by atoms with Crippen LogP contribution in [0.5, 0.6) is 0 Å². The number of aliphatic hydroxyl groups is 3. The Morgan fingerprint density at radius 2 is 1.46 bits per heavy atom. The first-order valence-electron chi connectivity index (χ1n) is 20.3. The molecule has 1 aromatic carbocycles. The van der Waals surface area contributed by atoms with Gasteiger partial charge in [0, 0.05) is 0 Å². The Morgan fingerprint density at radius 1 is 0.812 bits per heavy atom. The molecule has 5 aliphatic carbocycles. The summed E-state index contributed by atoms with van der Waals surface area (Å²) in [5.41, 5.74) is -0.222. The van der Waals surface area contributed by atoms with Crippen LogP contribution in [0.25, 0.3) is 0 Å². The van der Waals surface area contributed by atoms with E-state index in [2.05, 4.69) is 59.7 Å². The van der Waals surface area contributed by atoms with Crippen molar-refractivity contribution in [1.82, 2.24) is 0 Å². The first kappa shape index (κ1) is 36.2. The van der Waals surface area contributed by atoms with Gasteiger partial charge >= 0.3 is 298 Å². The van der Waals surface area contributed by atoms with E-state index in [1.807, 2.05) is 0 Å². The zero-order chi connectivity index (χ0) is 34.2. The Kier molecular flexibility index (Phi) is 9.61. The second-order valence-electron chi connectivity index (χ2n) is 19.1. The Morgan fingerprint density at radius 3 is 2.08 bits per heavy atom. The number of ether oxygens (including phenoxy) is 2. The number of unbranched alkanes of at least 4 members (excludes halogenated alkanes) is 3. The van der Waals surface area contributed by atoms with Crippen LogP contribution in [-0.2, 0) is 15.9 Å². The molecule has 6 heteroatoms. The standard InChI is InChI=1S/C30H41O5.3C4H9.Sn/c1-25(2)17-34-29(35-18-25)13-12-27-14-19-6-4-5-7-20(19)23-15-26(3)21(8-9-24(26)31)22(30(23,27)33)10-11-28(27,32)16-29;3*1-3-4-2;/h5-7,21-24,31-33H,8-18H2,1-3H3;3*1,3-4H2,2H3;/t21-,22-,23?,24-,26-,27+,28+,30-;;;;/m0..../s1. The molecule has 0 radical (unpaired) electrons. The summed E-state index contributed by atoms with van der Waals surface area (Å²) in [6, 6.07) is 7.66. The Hall–Kier alpha value is -0.181. The molecular formula is C42H68O5Sn. The van der Waals surface area contributed by atoms with E-state index in [1.54, 1.807) is 3.58 Å². The normalized spacial score (nSPS) is 40.9. The van der Waals surface area contributed by atoms with Crippen LogP contribution in [0.1, 0.15) is 148 Å². The first-order chi connectivity index (χ1) is 22.8. The molecule has 3 N–H and O–H groups in total. The maximum absolute atomic E-state index is 13.8. The third kappa shape index (κ3) is 5.30. The average molecular weight is 772 g/mol. The molecule has 1 unspecified atom stereocenters. The van der Waals surface area contributed by atoms with E-state index in [9.17, 15) is 15.3 Å². The summed E-state index contributed by atoms with van der Waals surface area (Å²) in [7, 11) is 0. The summed E-state index contributed by atoms with van der Waals surface area (Å²) < 4.78 is 19.2. The quantitative estimate of drug-likeness (QED) is 0.209. The topological polar surface area (TPSA) is 79.2 Å². The predicted molar refractivity (Wildman–Crippen MR) is 196 cm³/mol. The van der Waals surface area contributed by atoms with Gasteiger partial charge in [0.1, 0.15) is 0 Å². The molecule has 4 saturated carbocycles. The van der Waals surface area contributed by atoms with Crippen LogP contribution in [0.2, 0.25) is 13.3 Å². The van der Waals surface area contributed by atoms with Gasteiger partial charge in [-0.2, -0.15) is 0 Å². The van der Waals surface area contributed by atoms with Gasteiger partial charge in [-0.3, -0.25) is 0 Å². The van der Waals surface area contributed by atoms with Gasteiger partial charge in [0.05, 0.1) is 0 Å². The summed E-state index contributed by atoms with van der Waals surface area (Å²) in [4.78, 5) is 0. The van der Waals surface area contributed by atoms with Crippen LogP contribution in [0, 0.1) is 28.1 Å². The van der Waals surface area contributed by atoms with E-state index in [0.717, 1.165) is 44.9 Å². The summed E-state index contributed by atoms with van der Waals surface area (Å²) in [6.45, 7) is 15.0. The molecule has 0 amide bonds. The number of hydrogen-bond donors (Lipinski definition) is 3. The van der Waals surface area contributed by atoms with Crippen LogP contribution >= 0.6 is 0 Å². The molecular weight excluding hydrogens is 703 g/mol. The predicted octanol–water partition coefficient (Wildman–Crippen LogP) is 8.38. The molecule has 1 aliphatic heterocycles. The molecule has 6 aliphatic rings. The molecule has 5 fully saturated rings. The average Bonchev–Trinajstić information content (AvgIpc) is 3.36. The van der Waals surface area contributed by atoms with Gasteiger partial charge in [-0.05, 0) is 0 Å². The third-order valence-corrected chi connectivity index (χ3v) is 31.3. The molecule has 270 valence electrons. The van der Waals surface area contributed by atoms with Crippen LogP contribution in [0.4, 0.5) is 0 Å². The van der Waals surface area contributed by atoms with E-state index in [-0.39, 0.29) is 34.7 Å². The van der Waals surface area contributed by atoms with E-state index in [4.69, 9.17) is 9.47 Å². The van der Waals surface area contributed by atoms with Crippen LogP contribution < -0.4 is 3.58 Å². The van der Waals surface area contributed by atoms with Crippen LogP contribution in [0.15, 0.2) is 18.2 Å². The van der Waals surface area contributed by atoms with Gasteiger partial charge in [-0.1, -0.05) is 0 Å². The minimum atomic E-state index is -2.73. The number of fused-ring (bicyclic) bond motifs is 4. The second kappa shape index (κ2) is 12.7. The fourth-order valence-electron chi connectivity index (χ4n) is 12.9. The molecule has 1 saturated heterocycles. The molecule has 7 rings (SSSR count). The fraction of sp³-hybridized carbons (Fsp3) is 0.857. The van der Waals surface area contributed by atoms with Gasteiger partial charge in [0.2, 0.25) is 0 Å². The molecule has 8 atom stereocenters. The maximum atomic E-state index is 13.8. The summed E-state index contributed by atoms with van der Waals surface area (Å²) in [5, 5.41) is 38.5. The fourth-order valence-corrected chi connectivity index (χ4v) is 29.0. The van der Waals surface area contributed by atoms with Crippen LogP contribution in [0.3, 0.4) is 0 Å². The molecule has 1 aromatic rings. The molecule has 5 nitrogen and oxygen atoms in total. The SMILES string of the molecule is CCC[CH2][Sn]([CH2]CCC)([CH2]CCC)[c]1ccc2c(c1)C[C@]13CCC4(C[C@]1(O)CC[C@H]1[C@@H]5CC[C@H](O)[C@@]5(C)CC2[C@@]13O)OCC(C)(C)CO4. The van der Waals surface area contributed by atoms with Crippen molar-refractivity contribution in [2.75, 3.05) is 13.2 Å². The molecule has 2 spiro atoms. The Bertz CT molecular complexity index is 1310. The van der Waals surface area contributed by atoms with Gasteiger partial charge in [-0.15, -0.1) is 0 Å². The van der Waals surface area contributed by atoms with Crippen molar-refractivity contribution in [3.05, 3.63) is 29.3 Å². The van der Waals surface area contributed by atoms with E-state index >= 15 is 0 Å². The Balaban J connectivity index is 1.36. The number of hydrogen-bond acceptors (Lipinski definition) is 5. The van der Waals surface area contributed by atoms with Crippen molar-refractivity contribution in [2.45, 2.75) is 180 Å². The van der Waals surface area contributed by atoms with Gasteiger partial charge in [0.15, 0.2) is 0 Å². The van der Waals surface area contributed by atoms with Gasteiger partial charge < -0.3 is 0 Å². The van der Waals surface area contributed by atoms with E-state index in [1.165, 1.54) is 63.0 Å². The molecule has 1 heterocycles. The van der Waals surface area contributed by atoms with Crippen molar-refractivity contribution in [1.29, 1.82) is 0 Å². The van der Waals surface area contributed by atoms with Crippen molar-refractivity contribution < 1.29 is 24.8 Å². The minimum absolute atomic E-state index is 0.0347. The second-order valence-corrected chi connectivity index (χ2v) is 32.3. The zero-order valence-electron chi connectivity index (χ0n) is 31.3. The molecule has 0 bridgehead atoms. The van der Waals surface area contributed by atoms with E-state index in [0.29, 0.717) is 26.1 Å². The molecule has 0 aromatic heterocycles. The monoisotopic (exact) mass is 772 g/mol. The molecule has 48 heavy (non-hydrogen) atoms. The summed E-state index contributed by atoms with van der Waals surface area (Å²) in [6.07, 6.45) is 14.2. The third-order valence-electron chi connectivity index (χ3n) is 15.7.